The predicted molar refractivity (Wildman–Crippen MR) is 58.7 cm³/mol. The summed E-state index contributed by atoms with van der Waals surface area (Å²) >= 11 is 7.65. The molecule has 2 unspecified atom stereocenters. The predicted octanol–water partition coefficient (Wildman–Crippen LogP) is 3.11. The monoisotopic (exact) mass is 215 g/mol. The molecule has 0 radical (unpaired) electrons. The van der Waals surface area contributed by atoms with E-state index in [9.17, 15) is 0 Å². The maximum Gasteiger partial charge on any atom is 0.0931 e. The molecule has 1 saturated carbocycles. The third kappa shape index (κ3) is 1.90. The van der Waals surface area contributed by atoms with Crippen molar-refractivity contribution in [1.82, 2.24) is 5.32 Å². The first-order valence-electron chi connectivity index (χ1n) is 4.71. The van der Waals surface area contributed by atoms with Crippen LogP contribution in [0.1, 0.15) is 23.6 Å². The van der Waals surface area contributed by atoms with Crippen molar-refractivity contribution in [3.63, 3.8) is 0 Å². The quantitative estimate of drug-likeness (QED) is 0.817. The van der Waals surface area contributed by atoms with E-state index in [-0.39, 0.29) is 0 Å². The van der Waals surface area contributed by atoms with Gasteiger partial charge in [-0.15, -0.1) is 11.3 Å². The smallest absolute Gasteiger partial charge is 0.0931 e. The summed E-state index contributed by atoms with van der Waals surface area (Å²) in [7, 11) is 2.02. The summed E-state index contributed by atoms with van der Waals surface area (Å²) in [5.74, 6) is 1.60. The van der Waals surface area contributed by atoms with E-state index in [0.717, 1.165) is 22.7 Å². The van der Waals surface area contributed by atoms with Crippen LogP contribution >= 0.6 is 22.9 Å². The third-order valence-corrected chi connectivity index (χ3v) is 4.21. The number of halogens is 1. The highest BCUT2D eigenvalue weighted by Crippen LogP contribution is 2.45. The summed E-state index contributed by atoms with van der Waals surface area (Å²) in [4.78, 5) is 1.47. The highest BCUT2D eigenvalue weighted by Gasteiger charge is 2.32. The molecule has 13 heavy (non-hydrogen) atoms. The van der Waals surface area contributed by atoms with Crippen LogP contribution in [0.4, 0.5) is 0 Å². The summed E-state index contributed by atoms with van der Waals surface area (Å²) in [6.07, 6.45) is 2.70. The van der Waals surface area contributed by atoms with Crippen LogP contribution in [0.2, 0.25) is 4.34 Å². The number of nitrogens with one attached hydrogen (secondary N) is 1. The molecule has 0 aromatic carbocycles. The van der Waals surface area contributed by atoms with Crippen LogP contribution in [0, 0.1) is 5.92 Å². The Labute approximate surface area is 88.1 Å². The molecule has 0 aliphatic heterocycles. The minimum atomic E-state index is 0.768. The highest BCUT2D eigenvalue weighted by molar-refractivity contribution is 7.16. The number of hydrogen-bond acceptors (Lipinski definition) is 2. The van der Waals surface area contributed by atoms with Crippen LogP contribution in [-0.4, -0.2) is 13.6 Å². The zero-order valence-corrected chi connectivity index (χ0v) is 9.29. The van der Waals surface area contributed by atoms with Crippen molar-refractivity contribution in [2.75, 3.05) is 13.6 Å². The molecule has 2 rings (SSSR count). The Hall–Kier alpha value is -0.0500. The fraction of sp³-hybridized carbons (Fsp3) is 0.600. The van der Waals surface area contributed by atoms with Gasteiger partial charge in [0.05, 0.1) is 4.34 Å². The molecule has 3 heteroatoms. The first-order chi connectivity index (χ1) is 6.31. The molecule has 0 amide bonds. The lowest BCUT2D eigenvalue weighted by molar-refractivity contribution is 0.254. The molecule has 1 heterocycles. The minimum absolute atomic E-state index is 0.768. The molecular formula is C10H14ClNS. The molecule has 1 nitrogen and oxygen atoms in total. The fourth-order valence-corrected chi connectivity index (χ4v) is 3.27. The Morgan fingerprint density at radius 2 is 2.38 bits per heavy atom. The zero-order chi connectivity index (χ0) is 9.26. The molecule has 0 bridgehead atoms. The van der Waals surface area contributed by atoms with Crippen molar-refractivity contribution < 1.29 is 0 Å². The van der Waals surface area contributed by atoms with Gasteiger partial charge in [0, 0.05) is 4.88 Å². The molecule has 1 fully saturated rings. The van der Waals surface area contributed by atoms with E-state index in [1.54, 1.807) is 11.3 Å². The summed E-state index contributed by atoms with van der Waals surface area (Å²) in [5.41, 5.74) is 0. The Morgan fingerprint density at radius 1 is 1.54 bits per heavy atom. The van der Waals surface area contributed by atoms with Crippen molar-refractivity contribution in [3.05, 3.63) is 21.3 Å². The molecule has 0 spiro atoms. The van der Waals surface area contributed by atoms with Gasteiger partial charge in [-0.3, -0.25) is 0 Å². The number of rotatable bonds is 3. The van der Waals surface area contributed by atoms with Crippen LogP contribution in [-0.2, 0) is 0 Å². The largest absolute Gasteiger partial charge is 0.319 e. The van der Waals surface area contributed by atoms with E-state index >= 15 is 0 Å². The van der Waals surface area contributed by atoms with E-state index in [1.165, 1.54) is 17.7 Å². The van der Waals surface area contributed by atoms with Crippen molar-refractivity contribution in [2.24, 2.45) is 5.92 Å². The van der Waals surface area contributed by atoms with Crippen LogP contribution in [0.5, 0.6) is 0 Å². The van der Waals surface area contributed by atoms with Crippen molar-refractivity contribution in [3.8, 4) is 0 Å². The second-order valence-electron chi connectivity index (χ2n) is 3.64. The van der Waals surface area contributed by atoms with Crippen molar-refractivity contribution >= 4 is 22.9 Å². The second-order valence-corrected chi connectivity index (χ2v) is 5.39. The Kier molecular flexibility index (Phi) is 2.92. The Balaban J connectivity index is 2.01. The molecule has 1 aromatic heterocycles. The molecule has 2 atom stereocenters. The minimum Gasteiger partial charge on any atom is -0.319 e. The summed E-state index contributed by atoms with van der Waals surface area (Å²) < 4.78 is 0.921. The van der Waals surface area contributed by atoms with E-state index in [1.807, 2.05) is 13.1 Å². The van der Waals surface area contributed by atoms with Gasteiger partial charge in [-0.2, -0.15) is 0 Å². The Morgan fingerprint density at radius 3 is 2.85 bits per heavy atom. The van der Waals surface area contributed by atoms with E-state index in [0.29, 0.717) is 0 Å². The maximum atomic E-state index is 5.91. The average Bonchev–Trinajstić information content (AvgIpc) is 2.45. The molecule has 1 aromatic rings. The fourth-order valence-electron chi connectivity index (χ4n) is 1.98. The van der Waals surface area contributed by atoms with Gasteiger partial charge in [-0.05, 0) is 50.4 Å². The van der Waals surface area contributed by atoms with Gasteiger partial charge in [0.15, 0.2) is 0 Å². The molecule has 1 aliphatic carbocycles. The molecule has 72 valence electrons. The molecule has 1 N–H and O–H groups in total. The van der Waals surface area contributed by atoms with Gasteiger partial charge in [0.25, 0.3) is 0 Å². The topological polar surface area (TPSA) is 12.0 Å². The van der Waals surface area contributed by atoms with Gasteiger partial charge in [0.2, 0.25) is 0 Å². The van der Waals surface area contributed by atoms with Crippen molar-refractivity contribution in [1.29, 1.82) is 0 Å². The van der Waals surface area contributed by atoms with Crippen LogP contribution in [0.3, 0.4) is 0 Å². The summed E-state index contributed by atoms with van der Waals surface area (Å²) in [6, 6.07) is 4.19. The average molecular weight is 216 g/mol. The lowest BCUT2D eigenvalue weighted by Gasteiger charge is -2.35. The van der Waals surface area contributed by atoms with Gasteiger partial charge in [0.1, 0.15) is 0 Å². The Bertz CT molecular complexity index is 284. The first kappa shape index (κ1) is 9.50. The lowest BCUT2D eigenvalue weighted by atomic mass is 9.73. The zero-order valence-electron chi connectivity index (χ0n) is 7.72. The highest BCUT2D eigenvalue weighted by atomic mass is 35.5. The normalized spacial score (nSPS) is 27.2. The standard InChI is InChI=1S/C10H14ClNS/c1-12-6-7-2-3-8(7)9-4-5-10(11)13-9/h4-5,7-8,12H,2-3,6H2,1H3. The van der Waals surface area contributed by atoms with Gasteiger partial charge >= 0.3 is 0 Å². The lowest BCUT2D eigenvalue weighted by Crippen LogP contribution is -2.31. The van der Waals surface area contributed by atoms with E-state index in [2.05, 4.69) is 11.4 Å². The van der Waals surface area contributed by atoms with E-state index < -0.39 is 0 Å². The van der Waals surface area contributed by atoms with Crippen molar-refractivity contribution in [2.45, 2.75) is 18.8 Å². The first-order valence-corrected chi connectivity index (χ1v) is 5.90. The third-order valence-electron chi connectivity index (χ3n) is 2.84. The van der Waals surface area contributed by atoms with Crippen LogP contribution in [0.25, 0.3) is 0 Å². The van der Waals surface area contributed by atoms with Gasteiger partial charge < -0.3 is 5.32 Å². The second kappa shape index (κ2) is 3.99. The molecular weight excluding hydrogens is 202 g/mol. The van der Waals surface area contributed by atoms with Crippen LogP contribution in [0.15, 0.2) is 12.1 Å². The SMILES string of the molecule is CNCC1CCC1c1ccc(Cl)s1. The number of hydrogen-bond donors (Lipinski definition) is 1. The maximum absolute atomic E-state index is 5.91. The summed E-state index contributed by atoms with van der Waals surface area (Å²) in [6.45, 7) is 1.14. The van der Waals surface area contributed by atoms with Gasteiger partial charge in [-0.25, -0.2) is 0 Å². The molecule has 0 saturated heterocycles. The number of thiophene rings is 1. The summed E-state index contributed by atoms with van der Waals surface area (Å²) in [5, 5.41) is 3.25. The van der Waals surface area contributed by atoms with E-state index in [4.69, 9.17) is 11.6 Å². The van der Waals surface area contributed by atoms with Crippen LogP contribution < -0.4 is 5.32 Å². The molecule has 1 aliphatic rings. The van der Waals surface area contributed by atoms with Gasteiger partial charge in [-0.1, -0.05) is 11.6 Å².